The first-order chi connectivity index (χ1) is 20.2. The highest BCUT2D eigenvalue weighted by molar-refractivity contribution is 9.10. The maximum absolute atomic E-state index is 12.9. The van der Waals surface area contributed by atoms with Gasteiger partial charge in [-0.3, -0.25) is 4.79 Å². The third-order valence-electron chi connectivity index (χ3n) is 6.60. The zero-order valence-corrected chi connectivity index (χ0v) is 25.7. The third kappa shape index (κ3) is 8.25. The second-order valence-electron chi connectivity index (χ2n) is 9.89. The lowest BCUT2D eigenvalue weighted by atomic mass is 10.1. The summed E-state index contributed by atoms with van der Waals surface area (Å²) < 4.78 is 18.5. The van der Waals surface area contributed by atoms with Crippen LogP contribution in [0.1, 0.15) is 40.3 Å². The molecular formula is C35H33BrN2O4. The van der Waals surface area contributed by atoms with Gasteiger partial charge in [0, 0.05) is 5.69 Å². The number of amides is 1. The summed E-state index contributed by atoms with van der Waals surface area (Å²) in [6.07, 6.45) is 1.52. The Morgan fingerprint density at radius 1 is 0.857 bits per heavy atom. The van der Waals surface area contributed by atoms with Crippen molar-refractivity contribution in [2.75, 3.05) is 11.9 Å². The van der Waals surface area contributed by atoms with Crippen LogP contribution in [0.15, 0.2) is 88.9 Å². The first-order valence-corrected chi connectivity index (χ1v) is 14.4. The minimum Gasteiger partial charge on any atom is -0.490 e. The zero-order chi connectivity index (χ0) is 30.1. The number of halogens is 1. The smallest absolute Gasteiger partial charge is 0.266 e. The van der Waals surface area contributed by atoms with Gasteiger partial charge in [0.2, 0.25) is 0 Å². The monoisotopic (exact) mass is 624 g/mol. The summed E-state index contributed by atoms with van der Waals surface area (Å²) in [5.74, 6) is 1.23. The molecule has 42 heavy (non-hydrogen) atoms. The molecule has 0 aliphatic carbocycles. The number of aryl methyl sites for hydroxylation is 3. The molecule has 4 rings (SSSR count). The Balaban J connectivity index is 1.44. The molecule has 0 saturated heterocycles. The minimum absolute atomic E-state index is 0.0483. The minimum atomic E-state index is -0.519. The molecule has 1 amide bonds. The van der Waals surface area contributed by atoms with E-state index in [0.717, 1.165) is 11.1 Å². The fourth-order valence-electron chi connectivity index (χ4n) is 4.12. The van der Waals surface area contributed by atoms with E-state index in [1.807, 2.05) is 50.2 Å². The van der Waals surface area contributed by atoms with Crippen LogP contribution in [0, 0.1) is 32.1 Å². The van der Waals surface area contributed by atoms with Crippen molar-refractivity contribution in [3.63, 3.8) is 0 Å². The van der Waals surface area contributed by atoms with Crippen LogP contribution in [0.3, 0.4) is 0 Å². The van der Waals surface area contributed by atoms with E-state index in [4.69, 9.17) is 14.2 Å². The van der Waals surface area contributed by atoms with E-state index in [9.17, 15) is 10.1 Å². The van der Waals surface area contributed by atoms with Crippen molar-refractivity contribution in [1.29, 1.82) is 5.26 Å². The fourth-order valence-corrected chi connectivity index (χ4v) is 4.70. The lowest BCUT2D eigenvalue weighted by Gasteiger charge is -2.15. The van der Waals surface area contributed by atoms with Crippen molar-refractivity contribution in [3.8, 4) is 23.3 Å². The maximum atomic E-state index is 12.9. The molecule has 6 nitrogen and oxygen atoms in total. The summed E-state index contributed by atoms with van der Waals surface area (Å²) >= 11 is 3.58. The van der Waals surface area contributed by atoms with Gasteiger partial charge in [-0.25, -0.2) is 0 Å². The standard InChI is InChI=1S/C35H33BrN2O4/c1-5-40-33-19-28(18-32(36)34(33)42-22-27-11-8-24(3)25(4)16-27)17-29(20-37)35(39)38-30-12-14-31(15-13-30)41-21-26-9-6-23(2)7-10-26/h6-19H,5,21-22H2,1-4H3,(H,38,39)/b29-17+. The number of benzene rings is 4. The number of nitriles is 1. The Kier molecular flexibility index (Phi) is 10.4. The van der Waals surface area contributed by atoms with Crippen molar-refractivity contribution in [1.82, 2.24) is 0 Å². The highest BCUT2D eigenvalue weighted by Gasteiger charge is 2.15. The van der Waals surface area contributed by atoms with Crippen LogP contribution in [0.5, 0.6) is 17.2 Å². The van der Waals surface area contributed by atoms with Crippen LogP contribution in [-0.2, 0) is 18.0 Å². The molecule has 4 aromatic carbocycles. The van der Waals surface area contributed by atoms with Crippen LogP contribution >= 0.6 is 15.9 Å². The Morgan fingerprint density at radius 3 is 2.21 bits per heavy atom. The van der Waals surface area contributed by atoms with E-state index >= 15 is 0 Å². The van der Waals surface area contributed by atoms with Crippen molar-refractivity contribution < 1.29 is 19.0 Å². The average Bonchev–Trinajstić information content (AvgIpc) is 2.98. The molecule has 0 fully saturated rings. The molecular weight excluding hydrogens is 592 g/mol. The van der Waals surface area contributed by atoms with Gasteiger partial charge in [-0.15, -0.1) is 0 Å². The highest BCUT2D eigenvalue weighted by Crippen LogP contribution is 2.38. The van der Waals surface area contributed by atoms with Gasteiger partial charge >= 0.3 is 0 Å². The predicted octanol–water partition coefficient (Wildman–Crippen LogP) is 8.48. The molecule has 0 aliphatic rings. The number of carbonyl (C=O) groups is 1. The van der Waals surface area contributed by atoms with E-state index in [0.29, 0.717) is 52.8 Å². The Bertz CT molecular complexity index is 1620. The van der Waals surface area contributed by atoms with Crippen molar-refractivity contribution >= 4 is 33.6 Å². The topological polar surface area (TPSA) is 80.6 Å². The van der Waals surface area contributed by atoms with Crippen LogP contribution < -0.4 is 19.5 Å². The van der Waals surface area contributed by atoms with Gasteiger partial charge in [0.15, 0.2) is 11.5 Å². The number of carbonyl (C=O) groups excluding carboxylic acids is 1. The van der Waals surface area contributed by atoms with Gasteiger partial charge in [-0.2, -0.15) is 5.26 Å². The molecule has 0 atom stereocenters. The van der Waals surface area contributed by atoms with E-state index < -0.39 is 5.91 Å². The number of anilines is 1. The van der Waals surface area contributed by atoms with Gasteiger partial charge in [0.25, 0.3) is 5.91 Å². The second-order valence-corrected chi connectivity index (χ2v) is 10.7. The van der Waals surface area contributed by atoms with E-state index in [1.165, 1.54) is 22.8 Å². The Morgan fingerprint density at radius 2 is 1.55 bits per heavy atom. The highest BCUT2D eigenvalue weighted by atomic mass is 79.9. The Labute approximate surface area is 255 Å². The predicted molar refractivity (Wildman–Crippen MR) is 170 cm³/mol. The van der Waals surface area contributed by atoms with Crippen molar-refractivity contribution in [2.45, 2.75) is 40.9 Å². The number of rotatable bonds is 11. The lowest BCUT2D eigenvalue weighted by molar-refractivity contribution is -0.112. The molecule has 0 aromatic heterocycles. The first kappa shape index (κ1) is 30.4. The molecule has 0 spiro atoms. The quantitative estimate of drug-likeness (QED) is 0.134. The molecule has 1 N–H and O–H groups in total. The number of nitrogens with zero attached hydrogens (tertiary/aromatic N) is 1. The molecule has 0 bridgehead atoms. The van der Waals surface area contributed by atoms with Gasteiger partial charge in [0.1, 0.15) is 30.6 Å². The van der Waals surface area contributed by atoms with E-state index in [2.05, 4.69) is 47.2 Å². The largest absolute Gasteiger partial charge is 0.490 e. The van der Waals surface area contributed by atoms with Gasteiger partial charge in [-0.1, -0.05) is 48.0 Å². The van der Waals surface area contributed by atoms with Crippen LogP contribution in [0.4, 0.5) is 5.69 Å². The summed E-state index contributed by atoms with van der Waals surface area (Å²) in [7, 11) is 0. The van der Waals surface area contributed by atoms with E-state index in [-0.39, 0.29) is 5.57 Å². The number of ether oxygens (including phenoxy) is 3. The molecule has 0 aliphatic heterocycles. The lowest BCUT2D eigenvalue weighted by Crippen LogP contribution is -2.13. The number of hydrogen-bond acceptors (Lipinski definition) is 5. The fraction of sp³-hybridized carbons (Fsp3) is 0.200. The van der Waals surface area contributed by atoms with E-state index in [1.54, 1.807) is 36.4 Å². The van der Waals surface area contributed by atoms with Gasteiger partial charge in [0.05, 0.1) is 11.1 Å². The Hall–Kier alpha value is -4.54. The normalized spacial score (nSPS) is 11.0. The van der Waals surface area contributed by atoms with Gasteiger partial charge < -0.3 is 19.5 Å². The van der Waals surface area contributed by atoms with Crippen LogP contribution in [-0.4, -0.2) is 12.5 Å². The molecule has 4 aromatic rings. The van der Waals surface area contributed by atoms with Crippen LogP contribution in [0.25, 0.3) is 6.08 Å². The molecule has 0 saturated carbocycles. The summed E-state index contributed by atoms with van der Waals surface area (Å²) in [4.78, 5) is 12.9. The number of nitrogens with one attached hydrogen (secondary N) is 1. The summed E-state index contributed by atoms with van der Waals surface area (Å²) in [6, 6.07) is 27.0. The molecule has 0 radical (unpaired) electrons. The van der Waals surface area contributed by atoms with Crippen LogP contribution in [0.2, 0.25) is 0 Å². The molecule has 7 heteroatoms. The molecule has 214 valence electrons. The number of hydrogen-bond donors (Lipinski definition) is 1. The summed E-state index contributed by atoms with van der Waals surface area (Å²) in [5, 5.41) is 12.5. The zero-order valence-electron chi connectivity index (χ0n) is 24.2. The average molecular weight is 626 g/mol. The summed E-state index contributed by atoms with van der Waals surface area (Å²) in [5.41, 5.74) is 6.86. The van der Waals surface area contributed by atoms with Gasteiger partial charge in [-0.05, 0) is 114 Å². The molecule has 0 heterocycles. The molecule has 0 unspecified atom stereocenters. The van der Waals surface area contributed by atoms with Crippen molar-refractivity contribution in [2.24, 2.45) is 0 Å². The second kappa shape index (κ2) is 14.4. The third-order valence-corrected chi connectivity index (χ3v) is 7.19. The SMILES string of the molecule is CCOc1cc(/C=C(\C#N)C(=O)Nc2ccc(OCc3ccc(C)cc3)cc2)cc(Br)c1OCc1ccc(C)c(C)c1. The van der Waals surface area contributed by atoms with Crippen molar-refractivity contribution in [3.05, 3.63) is 122 Å². The summed E-state index contributed by atoms with van der Waals surface area (Å²) in [6.45, 7) is 9.32. The first-order valence-electron chi connectivity index (χ1n) is 13.6. The maximum Gasteiger partial charge on any atom is 0.266 e.